The van der Waals surface area contributed by atoms with Gasteiger partial charge in [0, 0.05) is 33.4 Å². The number of fused-ring (bicyclic) bond motifs is 1. The molecule has 4 atom stereocenters. The fourth-order valence-electron chi connectivity index (χ4n) is 6.69. The van der Waals surface area contributed by atoms with Crippen LogP contribution < -0.4 is 10.2 Å². The highest BCUT2D eigenvalue weighted by atomic mass is 16.3. The lowest BCUT2D eigenvalue weighted by atomic mass is 9.92. The Morgan fingerprint density at radius 3 is 1.51 bits per heavy atom. The monoisotopic (exact) mass is 519 g/mol. The number of aliphatic hydroxyl groups is 1. The summed E-state index contributed by atoms with van der Waals surface area (Å²) in [5.41, 5.74) is 8.68. The first-order valence-corrected chi connectivity index (χ1v) is 15.1. The second kappa shape index (κ2) is 11.8. The average molecular weight is 519 g/mol. The number of rotatable bonds is 7. The molecule has 0 aromatic heterocycles. The van der Waals surface area contributed by atoms with E-state index in [1.54, 1.807) is 16.8 Å². The van der Waals surface area contributed by atoms with Crippen molar-refractivity contribution in [3.05, 3.63) is 58.7 Å². The molecule has 37 heavy (non-hydrogen) atoms. The number of hydrogen-bond acceptors (Lipinski definition) is 3. The van der Waals surface area contributed by atoms with E-state index in [1.165, 1.54) is 36.1 Å². The van der Waals surface area contributed by atoms with Crippen molar-refractivity contribution in [1.82, 2.24) is 0 Å². The Bertz CT molecular complexity index is 1010. The van der Waals surface area contributed by atoms with Crippen LogP contribution in [0, 0.1) is 0 Å². The van der Waals surface area contributed by atoms with E-state index in [9.17, 15) is 5.11 Å². The standard InChI is InChI=1S/C17H27NO.C17H25N.7H2/c1-11(2)13-7-5-8-14(12(3)4)17(13)18-15-9-6-10-16(15)19;1-11(2)13-7-5-8-14(12(3)4)17(13)18-15-9-6-10-16(15)18;;;;;;;/h5,7-8,11-12,15-16,18-19H,6,9-10H2,1-4H3;5,7-8,11-12,15-16H,6,9-10H2,1-4H3;7*1H/t15-,16-;;;;;;;;/m0......../s1. The Labute approximate surface area is 237 Å². The summed E-state index contributed by atoms with van der Waals surface area (Å²) in [7, 11) is 0. The minimum Gasteiger partial charge on any atom is -0.391 e. The smallest absolute Gasteiger partial charge is 0.0741 e. The van der Waals surface area contributed by atoms with Crippen LogP contribution in [0.4, 0.5) is 11.4 Å². The Kier molecular flexibility index (Phi) is 8.94. The van der Waals surface area contributed by atoms with E-state index in [-0.39, 0.29) is 22.1 Å². The number of hydrogen-bond donors (Lipinski definition) is 2. The summed E-state index contributed by atoms with van der Waals surface area (Å²) in [5.74, 6) is 2.25. The van der Waals surface area contributed by atoms with Crippen molar-refractivity contribution in [3.8, 4) is 0 Å². The SMILES string of the molecule is CC(C)c1cccc(C(C)C)c1N1C2CCCC21.CC(C)c1cccc(C(C)C)c1N[C@H]1CCC[C@@H]1O.[HH].[HH].[HH].[HH].[HH].[HH].[HH]. The molecule has 0 spiro atoms. The van der Waals surface area contributed by atoms with E-state index in [4.69, 9.17) is 0 Å². The van der Waals surface area contributed by atoms with Crippen LogP contribution in [0.3, 0.4) is 0 Å². The van der Waals surface area contributed by atoms with Crippen LogP contribution in [0.2, 0.25) is 0 Å². The number of piperidine rings is 1. The average Bonchev–Trinajstić information content (AvgIpc) is 3.13. The molecule has 218 valence electrons. The molecule has 2 aromatic rings. The van der Waals surface area contributed by atoms with E-state index in [0.29, 0.717) is 23.7 Å². The number of para-hydroxylation sites is 2. The van der Waals surface area contributed by atoms with Crippen molar-refractivity contribution in [2.45, 2.75) is 142 Å². The van der Waals surface area contributed by atoms with Crippen LogP contribution in [-0.2, 0) is 0 Å². The predicted octanol–water partition coefficient (Wildman–Crippen LogP) is 10.7. The highest BCUT2D eigenvalue weighted by molar-refractivity contribution is 5.68. The molecule has 1 saturated heterocycles. The molecule has 3 aliphatic rings. The molecule has 1 heterocycles. The van der Waals surface area contributed by atoms with E-state index < -0.39 is 0 Å². The highest BCUT2D eigenvalue weighted by Crippen LogP contribution is 2.50. The third-order valence-electron chi connectivity index (χ3n) is 8.85. The predicted molar refractivity (Wildman–Crippen MR) is 175 cm³/mol. The van der Waals surface area contributed by atoms with E-state index in [1.807, 2.05) is 0 Å². The van der Waals surface area contributed by atoms with Crippen molar-refractivity contribution in [2.75, 3.05) is 10.2 Å². The molecule has 2 aromatic carbocycles. The van der Waals surface area contributed by atoms with Gasteiger partial charge >= 0.3 is 0 Å². The van der Waals surface area contributed by atoms with E-state index in [0.717, 1.165) is 31.3 Å². The summed E-state index contributed by atoms with van der Waals surface area (Å²) in [5, 5.41) is 13.7. The Morgan fingerprint density at radius 1 is 0.676 bits per heavy atom. The summed E-state index contributed by atoms with van der Waals surface area (Å²) >= 11 is 0. The zero-order valence-corrected chi connectivity index (χ0v) is 24.7. The fourth-order valence-corrected chi connectivity index (χ4v) is 6.69. The first-order chi connectivity index (χ1) is 17.6. The lowest BCUT2D eigenvalue weighted by Crippen LogP contribution is -2.29. The van der Waals surface area contributed by atoms with Gasteiger partial charge in [-0.2, -0.15) is 0 Å². The topological polar surface area (TPSA) is 35.3 Å². The molecular formula is C34H66N2O. The van der Waals surface area contributed by atoms with Gasteiger partial charge in [0.15, 0.2) is 0 Å². The summed E-state index contributed by atoms with van der Waals surface area (Å²) in [6, 6.07) is 15.4. The molecule has 3 nitrogen and oxygen atoms in total. The molecule has 2 unspecified atom stereocenters. The molecule has 0 radical (unpaired) electrons. The van der Waals surface area contributed by atoms with Gasteiger partial charge in [-0.25, -0.2) is 0 Å². The lowest BCUT2D eigenvalue weighted by Gasteiger charge is -2.25. The number of benzene rings is 2. The number of anilines is 2. The first kappa shape index (κ1) is 28.0. The zero-order valence-electron chi connectivity index (χ0n) is 24.7. The van der Waals surface area contributed by atoms with Gasteiger partial charge in [0.2, 0.25) is 0 Å². The van der Waals surface area contributed by atoms with Gasteiger partial charge in [-0.1, -0.05) is 91.8 Å². The second-order valence-corrected chi connectivity index (χ2v) is 12.9. The molecule has 3 fully saturated rings. The van der Waals surface area contributed by atoms with Crippen molar-refractivity contribution in [3.63, 3.8) is 0 Å². The fraction of sp³-hybridized carbons (Fsp3) is 0.647. The van der Waals surface area contributed by atoms with Gasteiger partial charge in [-0.05, 0) is 84.5 Å². The summed E-state index contributed by atoms with van der Waals surface area (Å²) in [6.07, 6.45) is 7.19. The van der Waals surface area contributed by atoms with Crippen molar-refractivity contribution in [1.29, 1.82) is 0 Å². The Balaban J connectivity index is -0.000000314. The molecule has 2 aliphatic carbocycles. The molecular weight excluding hydrogens is 452 g/mol. The maximum absolute atomic E-state index is 10.0. The number of aliphatic hydroxyl groups excluding tert-OH is 1. The second-order valence-electron chi connectivity index (χ2n) is 12.9. The Hall–Kier alpha value is -2.00. The third kappa shape index (κ3) is 6.03. The van der Waals surface area contributed by atoms with Crippen LogP contribution in [0.25, 0.3) is 0 Å². The van der Waals surface area contributed by atoms with Gasteiger partial charge in [-0.3, -0.25) is 0 Å². The molecule has 0 amide bonds. The van der Waals surface area contributed by atoms with E-state index >= 15 is 0 Å². The summed E-state index contributed by atoms with van der Waals surface area (Å²) in [4.78, 5) is 2.72. The van der Waals surface area contributed by atoms with Crippen molar-refractivity contribution < 1.29 is 15.1 Å². The van der Waals surface area contributed by atoms with E-state index in [2.05, 4.69) is 102 Å². The number of nitrogens with zero attached hydrogens (tertiary/aromatic N) is 1. The lowest BCUT2D eigenvalue weighted by molar-refractivity contribution is 0.171. The largest absolute Gasteiger partial charge is 0.391 e. The van der Waals surface area contributed by atoms with Gasteiger partial charge in [0.25, 0.3) is 0 Å². The third-order valence-corrected chi connectivity index (χ3v) is 8.85. The van der Waals surface area contributed by atoms with Crippen LogP contribution in [0.5, 0.6) is 0 Å². The zero-order chi connectivity index (χ0) is 26.9. The molecule has 3 heteroatoms. The molecule has 5 rings (SSSR count). The normalized spacial score (nSPS) is 24.6. The van der Waals surface area contributed by atoms with Crippen molar-refractivity contribution in [2.24, 2.45) is 0 Å². The quantitative estimate of drug-likeness (QED) is 0.358. The first-order valence-electron chi connectivity index (χ1n) is 15.1. The van der Waals surface area contributed by atoms with Crippen LogP contribution in [0.15, 0.2) is 36.4 Å². The Morgan fingerprint density at radius 2 is 1.11 bits per heavy atom. The van der Waals surface area contributed by atoms with Crippen LogP contribution in [0.1, 0.15) is 150 Å². The minimum atomic E-state index is -0.194. The summed E-state index contributed by atoms with van der Waals surface area (Å²) < 4.78 is 0. The molecule has 1 aliphatic heterocycles. The van der Waals surface area contributed by atoms with Crippen molar-refractivity contribution >= 4 is 11.4 Å². The van der Waals surface area contributed by atoms with Gasteiger partial charge in [-0.15, -0.1) is 0 Å². The molecule has 2 N–H and O–H groups in total. The maximum Gasteiger partial charge on any atom is 0.0741 e. The van der Waals surface area contributed by atoms with Crippen LogP contribution in [-0.4, -0.2) is 29.3 Å². The molecule has 2 saturated carbocycles. The molecule has 0 bridgehead atoms. The van der Waals surface area contributed by atoms with Gasteiger partial charge in [0.05, 0.1) is 12.1 Å². The van der Waals surface area contributed by atoms with Gasteiger partial charge < -0.3 is 15.3 Å². The minimum absolute atomic E-state index is 0. The maximum atomic E-state index is 10.0. The summed E-state index contributed by atoms with van der Waals surface area (Å²) in [6.45, 7) is 18.2. The van der Waals surface area contributed by atoms with Crippen LogP contribution >= 0.6 is 0 Å². The highest BCUT2D eigenvalue weighted by Gasteiger charge is 2.51. The number of nitrogens with one attached hydrogen (secondary N) is 1. The van der Waals surface area contributed by atoms with Gasteiger partial charge in [0.1, 0.15) is 0 Å².